The van der Waals surface area contributed by atoms with E-state index >= 15 is 4.39 Å². The van der Waals surface area contributed by atoms with Crippen molar-refractivity contribution < 1.29 is 22.7 Å². The van der Waals surface area contributed by atoms with E-state index in [2.05, 4.69) is 15.1 Å². The van der Waals surface area contributed by atoms with Crippen molar-refractivity contribution >= 4 is 21.8 Å². The largest absolute Gasteiger partial charge is 0.506 e. The van der Waals surface area contributed by atoms with Gasteiger partial charge in [0.15, 0.2) is 5.82 Å². The molecule has 0 bridgehead atoms. The van der Waals surface area contributed by atoms with Gasteiger partial charge in [-0.2, -0.15) is 13.5 Å². The zero-order chi connectivity index (χ0) is 19.9. The molecule has 0 radical (unpaired) electrons. The number of hydrogen-bond acceptors (Lipinski definition) is 7. The first-order valence-corrected chi connectivity index (χ1v) is 9.40. The van der Waals surface area contributed by atoms with E-state index in [-0.39, 0.29) is 5.56 Å². The average molecular weight is 404 g/mol. The molecule has 28 heavy (non-hydrogen) atoms. The lowest BCUT2D eigenvalue weighted by Gasteiger charge is -2.18. The fourth-order valence-corrected chi connectivity index (χ4v) is 4.01. The Morgan fingerprint density at radius 3 is 2.64 bits per heavy atom. The Morgan fingerprint density at radius 2 is 1.96 bits per heavy atom. The second-order valence-corrected chi connectivity index (χ2v) is 7.60. The SMILES string of the molecule is O=C1CN(c2c(O)ccc(-c3cnn(Cc4cncnc4)c3)c2F)S(=O)(=O)N1. The molecule has 10 nitrogen and oxygen atoms in total. The van der Waals surface area contributed by atoms with Crippen molar-refractivity contribution in [3.63, 3.8) is 0 Å². The Balaban J connectivity index is 1.71. The minimum Gasteiger partial charge on any atom is -0.506 e. The van der Waals surface area contributed by atoms with Crippen LogP contribution in [0.25, 0.3) is 11.1 Å². The molecule has 12 heteroatoms. The first-order valence-electron chi connectivity index (χ1n) is 7.96. The summed E-state index contributed by atoms with van der Waals surface area (Å²) in [5, 5.41) is 14.2. The highest BCUT2D eigenvalue weighted by Gasteiger charge is 2.38. The highest BCUT2D eigenvalue weighted by molar-refractivity contribution is 7.92. The molecule has 4 rings (SSSR count). The molecule has 3 heterocycles. The van der Waals surface area contributed by atoms with Gasteiger partial charge < -0.3 is 5.11 Å². The molecule has 1 saturated heterocycles. The van der Waals surface area contributed by atoms with E-state index in [1.54, 1.807) is 23.3 Å². The molecule has 1 aliphatic rings. The van der Waals surface area contributed by atoms with Gasteiger partial charge in [-0.05, 0) is 12.1 Å². The van der Waals surface area contributed by atoms with Crippen molar-refractivity contribution in [2.24, 2.45) is 0 Å². The van der Waals surface area contributed by atoms with Crippen LogP contribution < -0.4 is 9.03 Å². The second kappa shape index (κ2) is 6.56. The van der Waals surface area contributed by atoms with E-state index in [9.17, 15) is 18.3 Å². The number of aromatic hydroxyl groups is 1. The summed E-state index contributed by atoms with van der Waals surface area (Å²) >= 11 is 0. The Labute approximate surface area is 158 Å². The predicted molar refractivity (Wildman–Crippen MR) is 94.8 cm³/mol. The number of anilines is 1. The third kappa shape index (κ3) is 3.13. The standard InChI is InChI=1S/C16H13FN6O4S/c17-15-12(11-5-20-22(7-11)6-10-3-18-9-19-4-10)1-2-13(24)16(15)23-8-14(25)21-28(23,26)27/h1-5,7,9,24H,6,8H2,(H,21,25). The van der Waals surface area contributed by atoms with E-state index < -0.39 is 39.9 Å². The lowest BCUT2D eigenvalue weighted by molar-refractivity contribution is -0.117. The number of amides is 1. The molecule has 144 valence electrons. The second-order valence-electron chi connectivity index (χ2n) is 6.01. The zero-order valence-electron chi connectivity index (χ0n) is 14.1. The van der Waals surface area contributed by atoms with Crippen molar-refractivity contribution in [1.82, 2.24) is 24.5 Å². The van der Waals surface area contributed by atoms with Crippen molar-refractivity contribution in [2.45, 2.75) is 6.54 Å². The van der Waals surface area contributed by atoms with Gasteiger partial charge in [0.1, 0.15) is 24.3 Å². The van der Waals surface area contributed by atoms with Crippen LogP contribution in [0.1, 0.15) is 5.56 Å². The normalized spacial score (nSPS) is 15.6. The Hall–Kier alpha value is -3.54. The molecule has 2 aromatic heterocycles. The van der Waals surface area contributed by atoms with Gasteiger partial charge in [-0.3, -0.25) is 9.48 Å². The third-order valence-corrected chi connectivity index (χ3v) is 5.44. The minimum atomic E-state index is -4.27. The zero-order valence-corrected chi connectivity index (χ0v) is 15.0. The van der Waals surface area contributed by atoms with Gasteiger partial charge in [-0.15, -0.1) is 0 Å². The quantitative estimate of drug-likeness (QED) is 0.644. The predicted octanol–water partition coefficient (Wildman–Crippen LogP) is 0.414. The maximum Gasteiger partial charge on any atom is 0.326 e. The fraction of sp³-hybridized carbons (Fsp3) is 0.125. The molecular weight excluding hydrogens is 391 g/mol. The van der Waals surface area contributed by atoms with Crippen LogP contribution in [0.4, 0.5) is 10.1 Å². The van der Waals surface area contributed by atoms with Gasteiger partial charge in [0.2, 0.25) is 0 Å². The van der Waals surface area contributed by atoms with E-state index in [0.29, 0.717) is 16.4 Å². The first-order chi connectivity index (χ1) is 13.3. The van der Waals surface area contributed by atoms with Crippen molar-refractivity contribution in [3.05, 3.63) is 54.6 Å². The summed E-state index contributed by atoms with van der Waals surface area (Å²) in [5.74, 6) is -2.40. The number of phenols is 1. The van der Waals surface area contributed by atoms with Crippen molar-refractivity contribution in [2.75, 3.05) is 10.8 Å². The number of benzene rings is 1. The topological polar surface area (TPSA) is 130 Å². The molecular formula is C16H13FN6O4S. The van der Waals surface area contributed by atoms with Crippen LogP contribution in [0.3, 0.4) is 0 Å². The summed E-state index contributed by atoms with van der Waals surface area (Å²) in [6, 6.07) is 2.47. The van der Waals surface area contributed by atoms with Crippen LogP contribution in [0.2, 0.25) is 0 Å². The molecule has 0 spiro atoms. The average Bonchev–Trinajstić information content (AvgIpc) is 3.19. The molecule has 0 saturated carbocycles. The van der Waals surface area contributed by atoms with E-state index in [1.807, 2.05) is 0 Å². The molecule has 1 aliphatic heterocycles. The number of nitrogens with one attached hydrogen (secondary N) is 1. The van der Waals surface area contributed by atoms with Crippen LogP contribution >= 0.6 is 0 Å². The van der Waals surface area contributed by atoms with Gasteiger partial charge in [-0.25, -0.2) is 23.4 Å². The summed E-state index contributed by atoms with van der Waals surface area (Å²) in [5.41, 5.74) is 0.584. The third-order valence-electron chi connectivity index (χ3n) is 4.07. The maximum absolute atomic E-state index is 15.1. The lowest BCUT2D eigenvalue weighted by atomic mass is 10.1. The highest BCUT2D eigenvalue weighted by Crippen LogP contribution is 2.38. The number of rotatable bonds is 4. The summed E-state index contributed by atoms with van der Waals surface area (Å²) < 4.78 is 42.9. The lowest BCUT2D eigenvalue weighted by Crippen LogP contribution is -2.30. The summed E-state index contributed by atoms with van der Waals surface area (Å²) in [6.45, 7) is -0.268. The smallest absolute Gasteiger partial charge is 0.326 e. The van der Waals surface area contributed by atoms with Gasteiger partial charge in [-0.1, -0.05) is 0 Å². The summed E-state index contributed by atoms with van der Waals surface area (Å²) in [6.07, 6.45) is 7.61. The number of carbonyl (C=O) groups is 1. The summed E-state index contributed by atoms with van der Waals surface area (Å²) in [7, 11) is -4.27. The number of halogens is 1. The van der Waals surface area contributed by atoms with Crippen molar-refractivity contribution in [3.8, 4) is 16.9 Å². The minimum absolute atomic E-state index is 0.0258. The number of phenolic OH excluding ortho intramolecular Hbond substituents is 1. The van der Waals surface area contributed by atoms with Crippen LogP contribution in [-0.2, 0) is 21.5 Å². The molecule has 0 aliphatic carbocycles. The van der Waals surface area contributed by atoms with Crippen LogP contribution in [0.5, 0.6) is 5.75 Å². The van der Waals surface area contributed by atoms with Crippen LogP contribution in [0, 0.1) is 5.82 Å². The fourth-order valence-electron chi connectivity index (χ4n) is 2.85. The molecule has 1 aromatic carbocycles. The number of hydrogen-bond donors (Lipinski definition) is 2. The van der Waals surface area contributed by atoms with E-state index in [4.69, 9.17) is 0 Å². The monoisotopic (exact) mass is 404 g/mol. The molecule has 3 aromatic rings. The van der Waals surface area contributed by atoms with Gasteiger partial charge in [0, 0.05) is 35.3 Å². The molecule has 0 atom stereocenters. The molecule has 1 fully saturated rings. The van der Waals surface area contributed by atoms with Crippen LogP contribution in [-0.4, -0.2) is 45.7 Å². The molecule has 0 unspecified atom stereocenters. The molecule has 1 amide bonds. The van der Waals surface area contributed by atoms with E-state index in [1.165, 1.54) is 23.3 Å². The van der Waals surface area contributed by atoms with Gasteiger partial charge in [0.05, 0.1) is 12.7 Å². The van der Waals surface area contributed by atoms with Crippen LogP contribution in [0.15, 0.2) is 43.2 Å². The first kappa shape index (κ1) is 17.9. The van der Waals surface area contributed by atoms with Gasteiger partial charge in [0.25, 0.3) is 5.91 Å². The highest BCUT2D eigenvalue weighted by atomic mass is 32.2. The Kier molecular flexibility index (Phi) is 4.19. The number of aromatic nitrogens is 4. The Bertz CT molecular complexity index is 1170. The van der Waals surface area contributed by atoms with Crippen molar-refractivity contribution in [1.29, 1.82) is 0 Å². The maximum atomic E-state index is 15.1. The Morgan fingerprint density at radius 1 is 1.21 bits per heavy atom. The molecule has 2 N–H and O–H groups in total. The van der Waals surface area contributed by atoms with E-state index in [0.717, 1.165) is 11.6 Å². The van der Waals surface area contributed by atoms with Gasteiger partial charge >= 0.3 is 10.2 Å². The number of carbonyl (C=O) groups excluding carboxylic acids is 1. The summed E-state index contributed by atoms with van der Waals surface area (Å²) in [4.78, 5) is 19.3. The number of nitrogens with zero attached hydrogens (tertiary/aromatic N) is 5.